The van der Waals surface area contributed by atoms with Crippen LogP contribution in [0.5, 0.6) is 5.75 Å². The van der Waals surface area contributed by atoms with Crippen molar-refractivity contribution in [3.8, 4) is 5.75 Å². The topological polar surface area (TPSA) is 116 Å². The van der Waals surface area contributed by atoms with Gasteiger partial charge in [-0.2, -0.15) is 0 Å². The summed E-state index contributed by atoms with van der Waals surface area (Å²) < 4.78 is 33.2. The molecular formula is C16H14F2N2O5. The van der Waals surface area contributed by atoms with Gasteiger partial charge in [0.05, 0.1) is 10.5 Å². The molecule has 0 aliphatic rings. The molecule has 25 heavy (non-hydrogen) atoms. The smallest absolute Gasteiger partial charge is 0.320 e. The molecule has 2 aromatic carbocycles. The van der Waals surface area contributed by atoms with Crippen molar-refractivity contribution in [1.29, 1.82) is 0 Å². The van der Waals surface area contributed by atoms with Gasteiger partial charge in [-0.15, -0.1) is 0 Å². The highest BCUT2D eigenvalue weighted by Gasteiger charge is 2.20. The minimum Gasteiger partial charge on any atom is -0.488 e. The number of aliphatic carboxylic acids is 1. The van der Waals surface area contributed by atoms with E-state index in [1.807, 2.05) is 0 Å². The quantitative estimate of drug-likeness (QED) is 0.584. The highest BCUT2D eigenvalue weighted by molar-refractivity contribution is 5.73. The number of para-hydroxylation sites is 1. The number of rotatable bonds is 7. The Morgan fingerprint density at radius 3 is 2.44 bits per heavy atom. The lowest BCUT2D eigenvalue weighted by Gasteiger charge is -2.12. The minimum absolute atomic E-state index is 0.174. The van der Waals surface area contributed by atoms with E-state index >= 15 is 0 Å². The van der Waals surface area contributed by atoms with E-state index in [9.17, 15) is 23.7 Å². The third-order valence-electron chi connectivity index (χ3n) is 3.44. The van der Waals surface area contributed by atoms with Gasteiger partial charge < -0.3 is 15.6 Å². The monoisotopic (exact) mass is 352 g/mol. The van der Waals surface area contributed by atoms with Crippen LogP contribution in [-0.4, -0.2) is 22.0 Å². The van der Waals surface area contributed by atoms with E-state index in [4.69, 9.17) is 15.6 Å². The van der Waals surface area contributed by atoms with Gasteiger partial charge in [0, 0.05) is 30.2 Å². The van der Waals surface area contributed by atoms with E-state index in [0.717, 1.165) is 12.1 Å². The number of benzene rings is 2. The number of hydrogen-bond donors (Lipinski definition) is 2. The first kappa shape index (κ1) is 18.3. The Kier molecular flexibility index (Phi) is 5.60. The number of carboxylic acids is 1. The van der Waals surface area contributed by atoms with Crippen LogP contribution in [0.25, 0.3) is 0 Å². The molecule has 2 aromatic rings. The molecule has 3 N–H and O–H groups in total. The molecule has 0 aromatic heterocycles. The molecule has 1 atom stereocenters. The van der Waals surface area contributed by atoms with E-state index in [1.165, 1.54) is 18.2 Å². The molecule has 9 heteroatoms. The van der Waals surface area contributed by atoms with Crippen molar-refractivity contribution in [2.75, 3.05) is 0 Å². The van der Waals surface area contributed by atoms with Gasteiger partial charge in [-0.1, -0.05) is 12.1 Å². The Balaban J connectivity index is 2.17. The fourth-order valence-corrected chi connectivity index (χ4v) is 2.14. The SMILES string of the molecule is N[C@@H](Cc1c(F)cc(OCc2ccccc2[N+](=O)[O-])cc1F)C(=O)O. The number of halogens is 2. The summed E-state index contributed by atoms with van der Waals surface area (Å²) in [5.74, 6) is -3.57. The predicted molar refractivity (Wildman–Crippen MR) is 83.1 cm³/mol. The van der Waals surface area contributed by atoms with Gasteiger partial charge in [0.1, 0.15) is 30.0 Å². The molecule has 0 saturated carbocycles. The third kappa shape index (κ3) is 4.48. The van der Waals surface area contributed by atoms with Gasteiger partial charge in [0.2, 0.25) is 0 Å². The molecule has 0 bridgehead atoms. The number of carboxylic acid groups (broad SMARTS) is 1. The number of hydrogen-bond acceptors (Lipinski definition) is 5. The lowest BCUT2D eigenvalue weighted by Crippen LogP contribution is -2.32. The molecule has 7 nitrogen and oxygen atoms in total. The predicted octanol–water partition coefficient (Wildman–Crippen LogP) is 2.41. The molecule has 0 aliphatic heterocycles. The maximum Gasteiger partial charge on any atom is 0.320 e. The molecule has 132 valence electrons. The standard InChI is InChI=1S/C16H14F2N2O5/c17-12-5-10(6-13(18)11(12)7-14(19)16(21)22)25-8-9-3-1-2-4-15(9)20(23)24/h1-6,14H,7-8,19H2,(H,21,22)/t14-/m0/s1. The van der Waals surface area contributed by atoms with Crippen LogP contribution in [0.15, 0.2) is 36.4 Å². The zero-order valence-corrected chi connectivity index (χ0v) is 12.8. The fraction of sp³-hybridized carbons (Fsp3) is 0.188. The molecule has 0 fully saturated rings. The van der Waals surface area contributed by atoms with Crippen LogP contribution >= 0.6 is 0 Å². The van der Waals surface area contributed by atoms with E-state index in [0.29, 0.717) is 0 Å². The van der Waals surface area contributed by atoms with Gasteiger partial charge >= 0.3 is 5.97 Å². The molecule has 0 aliphatic carbocycles. The second kappa shape index (κ2) is 7.67. The summed E-state index contributed by atoms with van der Waals surface area (Å²) in [6.07, 6.45) is -0.516. The lowest BCUT2D eigenvalue weighted by molar-refractivity contribution is -0.385. The Morgan fingerprint density at radius 1 is 1.28 bits per heavy atom. The van der Waals surface area contributed by atoms with Crippen LogP contribution in [0.1, 0.15) is 11.1 Å². The largest absolute Gasteiger partial charge is 0.488 e. The number of nitrogens with zero attached hydrogens (tertiary/aromatic N) is 1. The van der Waals surface area contributed by atoms with Gasteiger partial charge in [-0.05, 0) is 6.07 Å². The number of nitro groups is 1. The summed E-state index contributed by atoms with van der Waals surface area (Å²) in [5.41, 5.74) is 4.88. The summed E-state index contributed by atoms with van der Waals surface area (Å²) in [4.78, 5) is 21.0. The zero-order valence-electron chi connectivity index (χ0n) is 12.8. The van der Waals surface area contributed by atoms with Gasteiger partial charge in [-0.3, -0.25) is 14.9 Å². The Hall–Kier alpha value is -3.07. The summed E-state index contributed by atoms with van der Waals surface area (Å²) in [5, 5.41) is 19.6. The van der Waals surface area contributed by atoms with E-state index in [1.54, 1.807) is 6.07 Å². The van der Waals surface area contributed by atoms with E-state index in [-0.39, 0.29) is 23.6 Å². The molecule has 0 saturated heterocycles. The van der Waals surface area contributed by atoms with Crippen LogP contribution in [0.3, 0.4) is 0 Å². The van der Waals surface area contributed by atoms with Gasteiger partial charge in [0.15, 0.2) is 0 Å². The van der Waals surface area contributed by atoms with Gasteiger partial charge in [0.25, 0.3) is 5.69 Å². The summed E-state index contributed by atoms with van der Waals surface area (Å²) in [6.45, 7) is -0.260. The van der Waals surface area contributed by atoms with E-state index < -0.39 is 40.6 Å². The summed E-state index contributed by atoms with van der Waals surface area (Å²) in [7, 11) is 0. The van der Waals surface area contributed by atoms with Crippen molar-refractivity contribution >= 4 is 11.7 Å². The molecule has 0 heterocycles. The molecule has 2 rings (SSSR count). The van der Waals surface area contributed by atoms with Crippen LogP contribution in [0.4, 0.5) is 14.5 Å². The van der Waals surface area contributed by atoms with Crippen molar-refractivity contribution < 1.29 is 28.3 Å². The Morgan fingerprint density at radius 2 is 1.88 bits per heavy atom. The zero-order chi connectivity index (χ0) is 18.6. The maximum absolute atomic E-state index is 14.0. The number of carbonyl (C=O) groups is 1. The molecule has 0 amide bonds. The van der Waals surface area contributed by atoms with Crippen molar-refractivity contribution in [3.05, 3.63) is 69.3 Å². The van der Waals surface area contributed by atoms with Crippen LogP contribution in [0.2, 0.25) is 0 Å². The third-order valence-corrected chi connectivity index (χ3v) is 3.44. The second-order valence-electron chi connectivity index (χ2n) is 5.19. The minimum atomic E-state index is -1.44. The molecular weight excluding hydrogens is 338 g/mol. The number of nitrogens with two attached hydrogens (primary N) is 1. The van der Waals surface area contributed by atoms with Crippen LogP contribution in [-0.2, 0) is 17.8 Å². The average Bonchev–Trinajstić information content (AvgIpc) is 2.56. The van der Waals surface area contributed by atoms with Crippen molar-refractivity contribution in [2.45, 2.75) is 19.1 Å². The van der Waals surface area contributed by atoms with Crippen molar-refractivity contribution in [1.82, 2.24) is 0 Å². The first-order valence-corrected chi connectivity index (χ1v) is 7.11. The highest BCUT2D eigenvalue weighted by atomic mass is 19.1. The first-order chi connectivity index (χ1) is 11.8. The number of ether oxygens (including phenoxy) is 1. The summed E-state index contributed by atoms with van der Waals surface area (Å²) >= 11 is 0. The maximum atomic E-state index is 14.0. The average molecular weight is 352 g/mol. The second-order valence-corrected chi connectivity index (χ2v) is 5.19. The van der Waals surface area contributed by atoms with Crippen LogP contribution in [0, 0.1) is 21.7 Å². The molecule has 0 unspecified atom stereocenters. The fourth-order valence-electron chi connectivity index (χ4n) is 2.14. The molecule has 0 radical (unpaired) electrons. The van der Waals surface area contributed by atoms with Gasteiger partial charge in [-0.25, -0.2) is 8.78 Å². The Bertz CT molecular complexity index is 790. The lowest BCUT2D eigenvalue weighted by atomic mass is 10.1. The van der Waals surface area contributed by atoms with E-state index in [2.05, 4.69) is 0 Å². The number of nitro benzene ring substituents is 1. The van der Waals surface area contributed by atoms with Crippen molar-refractivity contribution in [2.24, 2.45) is 5.73 Å². The summed E-state index contributed by atoms with van der Waals surface area (Å²) in [6, 6.07) is 6.12. The van der Waals surface area contributed by atoms with Crippen LogP contribution < -0.4 is 10.5 Å². The normalized spacial score (nSPS) is 11.8. The Labute approximate surface area is 140 Å². The highest BCUT2D eigenvalue weighted by Crippen LogP contribution is 2.24. The molecule has 0 spiro atoms. The van der Waals surface area contributed by atoms with Crippen molar-refractivity contribution in [3.63, 3.8) is 0 Å². The first-order valence-electron chi connectivity index (χ1n) is 7.11.